The van der Waals surface area contributed by atoms with Crippen LogP contribution >= 0.6 is 15.9 Å². The van der Waals surface area contributed by atoms with Gasteiger partial charge in [0.25, 0.3) is 0 Å². The molecule has 0 amide bonds. The van der Waals surface area contributed by atoms with E-state index in [0.29, 0.717) is 0 Å². The molecule has 1 N–H and O–H groups in total. The number of alkyl halides is 1. The summed E-state index contributed by atoms with van der Waals surface area (Å²) in [5.41, 5.74) is 2.49. The first-order chi connectivity index (χ1) is 5.33. The lowest BCUT2D eigenvalue weighted by atomic mass is 10.2. The van der Waals surface area contributed by atoms with Crippen molar-refractivity contribution < 1.29 is 0 Å². The summed E-state index contributed by atoms with van der Waals surface area (Å²) in [6.45, 7) is 3.07. The van der Waals surface area contributed by atoms with Crippen LogP contribution in [0.15, 0.2) is 24.3 Å². The maximum atomic E-state index is 3.36. The molecule has 1 nitrogen and oxygen atoms in total. The van der Waals surface area contributed by atoms with Gasteiger partial charge in [0.15, 0.2) is 0 Å². The van der Waals surface area contributed by atoms with Crippen molar-refractivity contribution in [2.45, 2.75) is 6.92 Å². The third-order valence-electron chi connectivity index (χ3n) is 1.48. The van der Waals surface area contributed by atoms with Crippen LogP contribution in [0, 0.1) is 6.92 Å². The molecule has 0 saturated heterocycles. The molecule has 1 aromatic carbocycles. The fourth-order valence-corrected chi connectivity index (χ4v) is 1.06. The Bertz CT molecular complexity index is 205. The first-order valence-corrected chi connectivity index (χ1v) is 4.81. The molecule has 1 rings (SSSR count). The number of halogens is 1. The van der Waals surface area contributed by atoms with Crippen molar-refractivity contribution in [1.82, 2.24) is 0 Å². The third-order valence-corrected chi connectivity index (χ3v) is 1.87. The van der Waals surface area contributed by atoms with Crippen molar-refractivity contribution in [1.29, 1.82) is 0 Å². The fourth-order valence-electron chi connectivity index (χ4n) is 0.863. The smallest absolute Gasteiger partial charge is 0.0340 e. The fraction of sp³-hybridized carbons (Fsp3) is 0.333. The summed E-state index contributed by atoms with van der Waals surface area (Å²) in [6, 6.07) is 8.41. The van der Waals surface area contributed by atoms with E-state index >= 15 is 0 Å². The van der Waals surface area contributed by atoms with E-state index in [1.54, 1.807) is 0 Å². The monoisotopic (exact) mass is 213 g/mol. The van der Waals surface area contributed by atoms with E-state index in [-0.39, 0.29) is 0 Å². The van der Waals surface area contributed by atoms with Crippen LogP contribution in [-0.2, 0) is 0 Å². The number of nitrogens with one attached hydrogen (secondary N) is 1. The number of hydrogen-bond donors (Lipinski definition) is 1. The van der Waals surface area contributed by atoms with Gasteiger partial charge in [-0.25, -0.2) is 0 Å². The molecule has 0 unspecified atom stereocenters. The number of rotatable bonds is 3. The molecule has 0 fully saturated rings. The molecule has 60 valence electrons. The van der Waals surface area contributed by atoms with E-state index in [2.05, 4.69) is 52.4 Å². The predicted molar refractivity (Wildman–Crippen MR) is 53.5 cm³/mol. The highest BCUT2D eigenvalue weighted by atomic mass is 79.9. The van der Waals surface area contributed by atoms with Crippen LogP contribution in [0.3, 0.4) is 0 Å². The highest BCUT2D eigenvalue weighted by molar-refractivity contribution is 9.09. The number of hydrogen-bond acceptors (Lipinski definition) is 1. The van der Waals surface area contributed by atoms with Crippen LogP contribution in [0.2, 0.25) is 0 Å². The molecule has 0 heterocycles. The van der Waals surface area contributed by atoms with Gasteiger partial charge in [0, 0.05) is 17.6 Å². The lowest BCUT2D eigenvalue weighted by molar-refractivity contribution is 1.24. The van der Waals surface area contributed by atoms with Crippen molar-refractivity contribution in [3.63, 3.8) is 0 Å². The molecule has 0 aromatic heterocycles. The zero-order chi connectivity index (χ0) is 8.10. The molecular weight excluding hydrogens is 202 g/mol. The zero-order valence-electron chi connectivity index (χ0n) is 6.60. The minimum Gasteiger partial charge on any atom is -0.384 e. The largest absolute Gasteiger partial charge is 0.384 e. The van der Waals surface area contributed by atoms with Gasteiger partial charge in [-0.15, -0.1) is 0 Å². The van der Waals surface area contributed by atoms with Crippen molar-refractivity contribution in [2.24, 2.45) is 0 Å². The minimum atomic E-state index is 0.975. The third kappa shape index (κ3) is 2.93. The SMILES string of the molecule is Cc1ccc(NCCBr)cc1. The molecule has 0 bridgehead atoms. The number of benzene rings is 1. The molecular formula is C9H12BrN. The highest BCUT2D eigenvalue weighted by Gasteiger charge is 1.88. The van der Waals surface area contributed by atoms with Crippen molar-refractivity contribution in [3.8, 4) is 0 Å². The first kappa shape index (κ1) is 8.60. The average Bonchev–Trinajstić information content (AvgIpc) is 2.04. The Morgan fingerprint density at radius 3 is 2.45 bits per heavy atom. The predicted octanol–water partition coefficient (Wildman–Crippen LogP) is 2.80. The standard InChI is InChI=1S/C9H12BrN/c1-8-2-4-9(5-3-8)11-7-6-10/h2-5,11H,6-7H2,1H3. The lowest BCUT2D eigenvalue weighted by Crippen LogP contribution is -2.01. The van der Waals surface area contributed by atoms with Crippen molar-refractivity contribution in [2.75, 3.05) is 17.2 Å². The molecule has 0 aliphatic rings. The van der Waals surface area contributed by atoms with E-state index in [0.717, 1.165) is 11.9 Å². The number of anilines is 1. The van der Waals surface area contributed by atoms with Gasteiger partial charge >= 0.3 is 0 Å². The van der Waals surface area contributed by atoms with Crippen LogP contribution in [0.4, 0.5) is 5.69 Å². The molecule has 2 heteroatoms. The first-order valence-electron chi connectivity index (χ1n) is 3.69. The van der Waals surface area contributed by atoms with Gasteiger partial charge in [-0.05, 0) is 19.1 Å². The van der Waals surface area contributed by atoms with Crippen LogP contribution in [0.1, 0.15) is 5.56 Å². The van der Waals surface area contributed by atoms with Gasteiger partial charge < -0.3 is 5.32 Å². The van der Waals surface area contributed by atoms with Crippen molar-refractivity contribution >= 4 is 21.6 Å². The second-order valence-corrected chi connectivity index (χ2v) is 3.27. The van der Waals surface area contributed by atoms with E-state index < -0.39 is 0 Å². The van der Waals surface area contributed by atoms with Gasteiger partial charge in [-0.1, -0.05) is 33.6 Å². The van der Waals surface area contributed by atoms with E-state index in [4.69, 9.17) is 0 Å². The second-order valence-electron chi connectivity index (χ2n) is 2.48. The quantitative estimate of drug-likeness (QED) is 0.763. The Morgan fingerprint density at radius 1 is 1.27 bits per heavy atom. The summed E-state index contributed by atoms with van der Waals surface area (Å²) < 4.78 is 0. The Hall–Kier alpha value is -0.500. The molecule has 0 spiro atoms. The van der Waals surface area contributed by atoms with Gasteiger partial charge in [0.05, 0.1) is 0 Å². The Labute approximate surface area is 75.9 Å². The molecule has 0 atom stereocenters. The zero-order valence-corrected chi connectivity index (χ0v) is 8.19. The normalized spacial score (nSPS) is 9.64. The maximum Gasteiger partial charge on any atom is 0.0340 e. The second kappa shape index (κ2) is 4.39. The average molecular weight is 214 g/mol. The van der Waals surface area contributed by atoms with Gasteiger partial charge in [-0.2, -0.15) is 0 Å². The lowest BCUT2D eigenvalue weighted by Gasteiger charge is -2.03. The van der Waals surface area contributed by atoms with Gasteiger partial charge in [0.2, 0.25) is 0 Å². The topological polar surface area (TPSA) is 12.0 Å². The Balaban J connectivity index is 2.52. The molecule has 0 aliphatic heterocycles. The van der Waals surface area contributed by atoms with E-state index in [9.17, 15) is 0 Å². The van der Waals surface area contributed by atoms with E-state index in [1.807, 2.05) is 0 Å². The van der Waals surface area contributed by atoms with Crippen LogP contribution in [0.25, 0.3) is 0 Å². The van der Waals surface area contributed by atoms with Crippen molar-refractivity contribution in [3.05, 3.63) is 29.8 Å². The van der Waals surface area contributed by atoms with Crippen LogP contribution < -0.4 is 5.32 Å². The molecule has 0 saturated carbocycles. The molecule has 0 radical (unpaired) electrons. The summed E-state index contributed by atoms with van der Waals surface area (Å²) in [6.07, 6.45) is 0. The Morgan fingerprint density at radius 2 is 1.91 bits per heavy atom. The summed E-state index contributed by atoms with van der Waals surface area (Å²) in [7, 11) is 0. The molecule has 1 aromatic rings. The summed E-state index contributed by atoms with van der Waals surface area (Å²) in [5.74, 6) is 0. The molecule has 11 heavy (non-hydrogen) atoms. The highest BCUT2D eigenvalue weighted by Crippen LogP contribution is 2.07. The molecule has 0 aliphatic carbocycles. The Kier molecular flexibility index (Phi) is 3.43. The van der Waals surface area contributed by atoms with E-state index in [1.165, 1.54) is 11.3 Å². The number of aryl methyl sites for hydroxylation is 1. The van der Waals surface area contributed by atoms with Gasteiger partial charge in [0.1, 0.15) is 0 Å². The summed E-state index contributed by atoms with van der Waals surface area (Å²) in [4.78, 5) is 0. The maximum absolute atomic E-state index is 3.36. The van der Waals surface area contributed by atoms with Gasteiger partial charge in [-0.3, -0.25) is 0 Å². The summed E-state index contributed by atoms with van der Waals surface area (Å²) in [5, 5.41) is 4.26. The van der Waals surface area contributed by atoms with Crippen LogP contribution in [-0.4, -0.2) is 11.9 Å². The minimum absolute atomic E-state index is 0.975. The summed E-state index contributed by atoms with van der Waals surface area (Å²) >= 11 is 3.36. The van der Waals surface area contributed by atoms with Crippen LogP contribution in [0.5, 0.6) is 0 Å².